The SMILES string of the molecule is COc1ccc(-n2nnnc2SCC(=O)Nc2c(C)nn(-c3ccccc3)c2C)cc1. The van der Waals surface area contributed by atoms with Crippen LogP contribution in [0.5, 0.6) is 5.75 Å². The highest BCUT2D eigenvalue weighted by Gasteiger charge is 2.17. The topological polar surface area (TPSA) is 99.8 Å². The molecule has 2 aromatic heterocycles. The zero-order valence-corrected chi connectivity index (χ0v) is 18.1. The number of benzene rings is 2. The van der Waals surface area contributed by atoms with Crippen molar-refractivity contribution in [3.05, 3.63) is 66.0 Å². The van der Waals surface area contributed by atoms with Crippen LogP contribution < -0.4 is 10.1 Å². The number of amides is 1. The Balaban J connectivity index is 1.44. The summed E-state index contributed by atoms with van der Waals surface area (Å²) in [4.78, 5) is 12.6. The molecule has 0 unspecified atom stereocenters. The molecular formula is C21H21N7O2S. The number of aromatic nitrogens is 6. The summed E-state index contributed by atoms with van der Waals surface area (Å²) in [5.74, 6) is 0.742. The van der Waals surface area contributed by atoms with E-state index in [2.05, 4.69) is 25.9 Å². The summed E-state index contributed by atoms with van der Waals surface area (Å²) >= 11 is 1.26. The maximum Gasteiger partial charge on any atom is 0.234 e. The smallest absolute Gasteiger partial charge is 0.234 e. The molecule has 10 heteroatoms. The lowest BCUT2D eigenvalue weighted by Gasteiger charge is -2.08. The van der Waals surface area contributed by atoms with E-state index in [4.69, 9.17) is 4.74 Å². The molecule has 1 amide bonds. The molecule has 0 radical (unpaired) electrons. The molecule has 2 aromatic carbocycles. The summed E-state index contributed by atoms with van der Waals surface area (Å²) in [5, 5.41) is 19.8. The predicted molar refractivity (Wildman–Crippen MR) is 118 cm³/mol. The molecular weight excluding hydrogens is 414 g/mol. The third kappa shape index (κ3) is 4.43. The van der Waals surface area contributed by atoms with Crippen LogP contribution in [0.1, 0.15) is 11.4 Å². The highest BCUT2D eigenvalue weighted by Crippen LogP contribution is 2.24. The van der Waals surface area contributed by atoms with Crippen molar-refractivity contribution in [1.29, 1.82) is 0 Å². The third-order valence-electron chi connectivity index (χ3n) is 4.65. The Labute approximate surface area is 183 Å². The number of thioether (sulfide) groups is 1. The van der Waals surface area contributed by atoms with Crippen molar-refractivity contribution >= 4 is 23.4 Å². The van der Waals surface area contributed by atoms with Crippen LogP contribution in [-0.2, 0) is 4.79 Å². The van der Waals surface area contributed by atoms with E-state index in [0.29, 0.717) is 10.8 Å². The standard InChI is InChI=1S/C21H21N7O2S/c1-14-20(15(2)27(24-14)16-7-5-4-6-8-16)22-19(29)13-31-21-23-25-26-28(21)17-9-11-18(30-3)12-10-17/h4-12H,13H2,1-3H3,(H,22,29). The third-order valence-corrected chi connectivity index (χ3v) is 5.57. The number of anilines is 1. The van der Waals surface area contributed by atoms with Crippen LogP contribution in [0, 0.1) is 13.8 Å². The maximum atomic E-state index is 12.6. The van der Waals surface area contributed by atoms with Crippen LogP contribution >= 0.6 is 11.8 Å². The number of ether oxygens (including phenoxy) is 1. The minimum Gasteiger partial charge on any atom is -0.497 e. The largest absolute Gasteiger partial charge is 0.497 e. The predicted octanol–water partition coefficient (Wildman–Crippen LogP) is 3.20. The Morgan fingerprint density at radius 3 is 2.45 bits per heavy atom. The summed E-state index contributed by atoms with van der Waals surface area (Å²) < 4.78 is 8.58. The van der Waals surface area contributed by atoms with E-state index < -0.39 is 0 Å². The number of hydrogen-bond acceptors (Lipinski definition) is 7. The molecule has 0 atom stereocenters. The molecule has 0 spiro atoms. The molecule has 0 bridgehead atoms. The van der Waals surface area contributed by atoms with Crippen LogP contribution in [0.4, 0.5) is 5.69 Å². The minimum atomic E-state index is -0.159. The first-order valence-electron chi connectivity index (χ1n) is 9.54. The lowest BCUT2D eigenvalue weighted by molar-refractivity contribution is -0.113. The van der Waals surface area contributed by atoms with Crippen molar-refractivity contribution in [3.8, 4) is 17.1 Å². The molecule has 0 aliphatic carbocycles. The van der Waals surface area contributed by atoms with Gasteiger partial charge in [0.2, 0.25) is 11.1 Å². The van der Waals surface area contributed by atoms with Gasteiger partial charge in [0.1, 0.15) is 5.75 Å². The van der Waals surface area contributed by atoms with Gasteiger partial charge in [-0.1, -0.05) is 30.0 Å². The second-order valence-corrected chi connectivity index (χ2v) is 7.64. The van der Waals surface area contributed by atoms with Crippen LogP contribution in [-0.4, -0.2) is 48.8 Å². The minimum absolute atomic E-state index is 0.159. The Bertz CT molecular complexity index is 1190. The summed E-state index contributed by atoms with van der Waals surface area (Å²) in [6.07, 6.45) is 0. The molecule has 9 nitrogen and oxygen atoms in total. The number of para-hydroxylation sites is 1. The number of carbonyl (C=O) groups is 1. The first-order valence-corrected chi connectivity index (χ1v) is 10.5. The number of rotatable bonds is 7. The first-order chi connectivity index (χ1) is 15.1. The van der Waals surface area contributed by atoms with Crippen LogP contribution in [0.25, 0.3) is 11.4 Å². The van der Waals surface area contributed by atoms with Gasteiger partial charge in [-0.25, -0.2) is 4.68 Å². The molecule has 0 aliphatic heterocycles. The quantitative estimate of drug-likeness (QED) is 0.445. The molecule has 31 heavy (non-hydrogen) atoms. The number of carbonyl (C=O) groups excluding carboxylic acids is 1. The number of nitrogens with zero attached hydrogens (tertiary/aromatic N) is 6. The zero-order valence-electron chi connectivity index (χ0n) is 17.3. The molecule has 158 valence electrons. The Morgan fingerprint density at radius 2 is 1.74 bits per heavy atom. The van der Waals surface area contributed by atoms with Crippen LogP contribution in [0.15, 0.2) is 59.8 Å². The van der Waals surface area contributed by atoms with Crippen molar-refractivity contribution < 1.29 is 9.53 Å². The molecule has 4 rings (SSSR count). The average Bonchev–Trinajstić information content (AvgIpc) is 3.38. The van der Waals surface area contributed by atoms with Crippen molar-refractivity contribution in [1.82, 2.24) is 30.0 Å². The van der Waals surface area contributed by atoms with Crippen LogP contribution in [0.2, 0.25) is 0 Å². The fourth-order valence-electron chi connectivity index (χ4n) is 3.10. The number of hydrogen-bond donors (Lipinski definition) is 1. The zero-order chi connectivity index (χ0) is 21.8. The van der Waals surface area contributed by atoms with Crippen molar-refractivity contribution in [2.75, 3.05) is 18.2 Å². The van der Waals surface area contributed by atoms with Crippen molar-refractivity contribution in [2.24, 2.45) is 0 Å². The molecule has 0 fully saturated rings. The van der Waals surface area contributed by atoms with E-state index in [0.717, 1.165) is 28.5 Å². The lowest BCUT2D eigenvalue weighted by atomic mass is 10.3. The van der Waals surface area contributed by atoms with Gasteiger partial charge in [-0.2, -0.15) is 9.78 Å². The van der Waals surface area contributed by atoms with Crippen LogP contribution in [0.3, 0.4) is 0 Å². The summed E-state index contributed by atoms with van der Waals surface area (Å²) in [7, 11) is 1.61. The van der Waals surface area contributed by atoms with E-state index in [1.165, 1.54) is 11.8 Å². The number of aryl methyl sites for hydroxylation is 1. The molecule has 0 saturated heterocycles. The van der Waals surface area contributed by atoms with Crippen molar-refractivity contribution in [3.63, 3.8) is 0 Å². The second kappa shape index (κ2) is 9.00. The van der Waals surface area contributed by atoms with Gasteiger partial charge in [-0.15, -0.1) is 5.10 Å². The van der Waals surface area contributed by atoms with E-state index in [-0.39, 0.29) is 11.7 Å². The summed E-state index contributed by atoms with van der Waals surface area (Å²) in [6, 6.07) is 17.2. The number of tetrazole rings is 1. The lowest BCUT2D eigenvalue weighted by Crippen LogP contribution is -2.15. The van der Waals surface area contributed by atoms with Gasteiger partial charge in [0.15, 0.2) is 0 Å². The van der Waals surface area contributed by atoms with E-state index >= 15 is 0 Å². The number of methoxy groups -OCH3 is 1. The number of nitrogens with one attached hydrogen (secondary N) is 1. The van der Waals surface area contributed by atoms with Gasteiger partial charge < -0.3 is 10.1 Å². The van der Waals surface area contributed by atoms with Gasteiger partial charge in [-0.3, -0.25) is 4.79 Å². The monoisotopic (exact) mass is 435 g/mol. The summed E-state index contributed by atoms with van der Waals surface area (Å²) in [6.45, 7) is 3.80. The van der Waals surface area contributed by atoms with Gasteiger partial charge in [0.25, 0.3) is 0 Å². The second-order valence-electron chi connectivity index (χ2n) is 6.70. The van der Waals surface area contributed by atoms with E-state index in [1.807, 2.05) is 73.1 Å². The molecule has 2 heterocycles. The molecule has 1 N–H and O–H groups in total. The van der Waals surface area contributed by atoms with Gasteiger partial charge in [-0.05, 0) is 60.7 Å². The van der Waals surface area contributed by atoms with Crippen molar-refractivity contribution in [2.45, 2.75) is 19.0 Å². The molecule has 0 aliphatic rings. The van der Waals surface area contributed by atoms with E-state index in [1.54, 1.807) is 11.8 Å². The highest BCUT2D eigenvalue weighted by molar-refractivity contribution is 7.99. The van der Waals surface area contributed by atoms with E-state index in [9.17, 15) is 4.79 Å². The normalized spacial score (nSPS) is 10.8. The molecule has 4 aromatic rings. The fourth-order valence-corrected chi connectivity index (χ4v) is 3.79. The Kier molecular flexibility index (Phi) is 5.99. The Hall–Kier alpha value is -3.66. The average molecular weight is 436 g/mol. The first kappa shape index (κ1) is 20.6. The summed E-state index contributed by atoms with van der Waals surface area (Å²) in [5.41, 5.74) is 4.05. The maximum absolute atomic E-state index is 12.6. The van der Waals surface area contributed by atoms with Gasteiger partial charge >= 0.3 is 0 Å². The molecule has 0 saturated carbocycles. The van der Waals surface area contributed by atoms with Gasteiger partial charge in [0, 0.05) is 0 Å². The van der Waals surface area contributed by atoms with Gasteiger partial charge in [0.05, 0.1) is 41.3 Å². The fraction of sp³-hybridized carbons (Fsp3) is 0.190. The Morgan fingerprint density at radius 1 is 1.03 bits per heavy atom. The highest BCUT2D eigenvalue weighted by atomic mass is 32.2.